The molecule has 2 bridgehead atoms. The Labute approximate surface area is 217 Å². The summed E-state index contributed by atoms with van der Waals surface area (Å²) in [5.41, 5.74) is 2.49. The maximum Gasteiger partial charge on any atom is 0.337 e. The van der Waals surface area contributed by atoms with Crippen molar-refractivity contribution >= 4 is 17.6 Å². The average molecular weight is 504 g/mol. The molecule has 7 nitrogen and oxygen atoms in total. The molecule has 1 saturated heterocycles. The summed E-state index contributed by atoms with van der Waals surface area (Å²) in [7, 11) is 2.61. The van der Waals surface area contributed by atoms with Gasteiger partial charge in [-0.2, -0.15) is 0 Å². The summed E-state index contributed by atoms with van der Waals surface area (Å²) in [5, 5.41) is 3.57. The van der Waals surface area contributed by atoms with Gasteiger partial charge >= 0.3 is 11.9 Å². The van der Waals surface area contributed by atoms with Crippen LogP contribution in [0, 0.1) is 5.92 Å². The van der Waals surface area contributed by atoms with Gasteiger partial charge < -0.3 is 24.3 Å². The number of rotatable bonds is 9. The quantitative estimate of drug-likeness (QED) is 0.409. The van der Waals surface area contributed by atoms with E-state index in [2.05, 4.69) is 29.6 Å². The van der Waals surface area contributed by atoms with Gasteiger partial charge in [-0.3, -0.25) is 0 Å². The first-order valence-electron chi connectivity index (χ1n) is 12.8. The molecule has 194 valence electrons. The van der Waals surface area contributed by atoms with Crippen LogP contribution in [0.4, 0.5) is 5.69 Å². The summed E-state index contributed by atoms with van der Waals surface area (Å²) in [4.78, 5) is 25.7. The van der Waals surface area contributed by atoms with E-state index in [1.807, 2.05) is 42.5 Å². The first-order chi connectivity index (χ1) is 18.0. The van der Waals surface area contributed by atoms with E-state index in [0.717, 1.165) is 43.7 Å². The molecule has 2 aromatic rings. The van der Waals surface area contributed by atoms with Crippen LogP contribution in [-0.2, 0) is 41.4 Å². The van der Waals surface area contributed by atoms with Gasteiger partial charge in [-0.15, -0.1) is 0 Å². The van der Waals surface area contributed by atoms with Crippen LogP contribution < -0.4 is 5.32 Å². The van der Waals surface area contributed by atoms with Gasteiger partial charge in [-0.25, -0.2) is 9.59 Å². The number of esters is 2. The third-order valence-corrected chi connectivity index (χ3v) is 7.54. The molecule has 0 spiro atoms. The lowest BCUT2D eigenvalue weighted by molar-refractivity contribution is -0.139. The zero-order valence-electron chi connectivity index (χ0n) is 21.3. The van der Waals surface area contributed by atoms with Gasteiger partial charge in [-0.05, 0) is 60.9 Å². The summed E-state index contributed by atoms with van der Waals surface area (Å²) < 4.78 is 22.0. The molecule has 3 atom stereocenters. The van der Waals surface area contributed by atoms with Crippen molar-refractivity contribution < 1.29 is 28.5 Å². The lowest BCUT2D eigenvalue weighted by Crippen LogP contribution is -2.49. The van der Waals surface area contributed by atoms with Gasteiger partial charge in [0.15, 0.2) is 0 Å². The monoisotopic (exact) mass is 503 g/mol. The molecule has 0 amide bonds. The van der Waals surface area contributed by atoms with Gasteiger partial charge in [-0.1, -0.05) is 48.5 Å². The van der Waals surface area contributed by atoms with E-state index < -0.39 is 29.7 Å². The largest absolute Gasteiger partial charge is 0.466 e. The molecule has 0 saturated carbocycles. The van der Waals surface area contributed by atoms with E-state index in [4.69, 9.17) is 18.9 Å². The number of carbonyl (C=O) groups excluding carboxylic acids is 2. The van der Waals surface area contributed by atoms with E-state index in [-0.39, 0.29) is 11.1 Å². The maximum atomic E-state index is 13.0. The molecule has 3 heterocycles. The average Bonchev–Trinajstić information content (AvgIpc) is 3.52. The molecule has 0 aliphatic carbocycles. The van der Waals surface area contributed by atoms with Crippen molar-refractivity contribution in [2.75, 3.05) is 32.8 Å². The predicted molar refractivity (Wildman–Crippen MR) is 139 cm³/mol. The van der Waals surface area contributed by atoms with Crippen molar-refractivity contribution in [2.24, 2.45) is 5.92 Å². The van der Waals surface area contributed by atoms with Crippen LogP contribution in [0.2, 0.25) is 0 Å². The Morgan fingerprint density at radius 2 is 1.65 bits per heavy atom. The van der Waals surface area contributed by atoms with Crippen LogP contribution >= 0.6 is 0 Å². The number of benzene rings is 2. The molecule has 5 rings (SSSR count). The molecule has 3 aliphatic heterocycles. The predicted octanol–water partition coefficient (Wildman–Crippen LogP) is 4.03. The highest BCUT2D eigenvalue weighted by Crippen LogP contribution is 2.47. The number of carbonyl (C=O) groups is 2. The minimum absolute atomic E-state index is 0.193. The topological polar surface area (TPSA) is 83.1 Å². The summed E-state index contributed by atoms with van der Waals surface area (Å²) in [5.74, 6) is -0.533. The Kier molecular flexibility index (Phi) is 7.44. The summed E-state index contributed by atoms with van der Waals surface area (Å²) in [6, 6.07) is 18.0. The standard InChI is InChI=1S/C30H33NO6/c1-34-28(32)26-24-12-15-30(37-24,27(26)29(33)35-2)25(31-23-6-4-3-5-7-23)19-21-10-8-20(9-11-21)18-22-13-16-36-17-14-22/h3-12,15,22,24-25,31H,13-14,16-19H2,1-2H3. The van der Waals surface area contributed by atoms with Crippen molar-refractivity contribution in [2.45, 2.75) is 43.4 Å². The number of methoxy groups -OCH3 is 2. The fourth-order valence-electron chi connectivity index (χ4n) is 5.62. The highest BCUT2D eigenvalue weighted by atomic mass is 16.6. The SMILES string of the molecule is COC(=O)C1=C(C(=O)OC)C2(C(Cc3ccc(CC4CCOCC4)cc3)Nc3ccccc3)C=CC1O2. The van der Waals surface area contributed by atoms with E-state index in [1.54, 1.807) is 0 Å². The third kappa shape index (κ3) is 5.06. The van der Waals surface area contributed by atoms with Crippen LogP contribution in [0.1, 0.15) is 24.0 Å². The highest BCUT2D eigenvalue weighted by molar-refractivity contribution is 6.05. The van der Waals surface area contributed by atoms with Crippen molar-refractivity contribution in [3.8, 4) is 0 Å². The summed E-state index contributed by atoms with van der Waals surface area (Å²) in [6.07, 6.45) is 6.82. The first kappa shape index (κ1) is 25.2. The Hall–Kier alpha value is -3.42. The molecule has 7 heteroatoms. The van der Waals surface area contributed by atoms with Gasteiger partial charge in [0.2, 0.25) is 0 Å². The lowest BCUT2D eigenvalue weighted by Gasteiger charge is -2.36. The molecule has 0 aromatic heterocycles. The second-order valence-electron chi connectivity index (χ2n) is 9.81. The van der Waals surface area contributed by atoms with Crippen molar-refractivity contribution in [1.29, 1.82) is 0 Å². The lowest BCUT2D eigenvalue weighted by atomic mass is 9.79. The van der Waals surface area contributed by atoms with E-state index >= 15 is 0 Å². The molecule has 2 aromatic carbocycles. The number of nitrogens with one attached hydrogen (secondary N) is 1. The van der Waals surface area contributed by atoms with Gasteiger partial charge in [0.1, 0.15) is 11.7 Å². The normalized spacial score (nSPS) is 23.7. The minimum atomic E-state index is -1.18. The second-order valence-corrected chi connectivity index (χ2v) is 9.81. The van der Waals surface area contributed by atoms with Gasteiger partial charge in [0, 0.05) is 18.9 Å². The summed E-state index contributed by atoms with van der Waals surface area (Å²) in [6.45, 7) is 1.69. The number of ether oxygens (including phenoxy) is 4. The Morgan fingerprint density at radius 1 is 0.973 bits per heavy atom. The van der Waals surface area contributed by atoms with Crippen LogP contribution in [0.15, 0.2) is 77.9 Å². The van der Waals surface area contributed by atoms with Crippen LogP contribution in [-0.4, -0.2) is 57.1 Å². The number of hydrogen-bond acceptors (Lipinski definition) is 7. The molecule has 1 N–H and O–H groups in total. The van der Waals surface area contributed by atoms with E-state index in [0.29, 0.717) is 12.3 Å². The maximum absolute atomic E-state index is 13.0. The van der Waals surface area contributed by atoms with Crippen molar-refractivity contribution in [3.63, 3.8) is 0 Å². The van der Waals surface area contributed by atoms with Crippen LogP contribution in [0.3, 0.4) is 0 Å². The van der Waals surface area contributed by atoms with Gasteiger partial charge in [0.05, 0.1) is 31.4 Å². The van der Waals surface area contributed by atoms with Crippen molar-refractivity contribution in [1.82, 2.24) is 0 Å². The Bertz CT molecular complexity index is 1180. The molecule has 0 radical (unpaired) electrons. The molecule has 37 heavy (non-hydrogen) atoms. The minimum Gasteiger partial charge on any atom is -0.466 e. The number of hydrogen-bond donors (Lipinski definition) is 1. The molecular weight excluding hydrogens is 470 g/mol. The van der Waals surface area contributed by atoms with Gasteiger partial charge in [0.25, 0.3) is 0 Å². The van der Waals surface area contributed by atoms with Crippen LogP contribution in [0.25, 0.3) is 0 Å². The number of para-hydroxylation sites is 1. The number of fused-ring (bicyclic) bond motifs is 2. The highest BCUT2D eigenvalue weighted by Gasteiger charge is 2.58. The summed E-state index contributed by atoms with van der Waals surface area (Å²) >= 11 is 0. The molecule has 3 aliphatic rings. The molecule has 3 unspecified atom stereocenters. The fraction of sp³-hybridized carbons (Fsp3) is 0.400. The van der Waals surface area contributed by atoms with Crippen molar-refractivity contribution in [3.05, 3.63) is 89.0 Å². The van der Waals surface area contributed by atoms with Crippen LogP contribution in [0.5, 0.6) is 0 Å². The smallest absolute Gasteiger partial charge is 0.337 e. The first-order valence-corrected chi connectivity index (χ1v) is 12.8. The third-order valence-electron chi connectivity index (χ3n) is 7.54. The molecular formula is C30H33NO6. The fourth-order valence-corrected chi connectivity index (χ4v) is 5.62. The second kappa shape index (κ2) is 10.9. The zero-order chi connectivity index (χ0) is 25.8. The van der Waals surface area contributed by atoms with E-state index in [9.17, 15) is 9.59 Å². The number of anilines is 1. The zero-order valence-corrected chi connectivity index (χ0v) is 21.3. The Morgan fingerprint density at radius 3 is 2.32 bits per heavy atom. The Balaban J connectivity index is 1.46. The van der Waals surface area contributed by atoms with E-state index in [1.165, 1.54) is 19.8 Å². The molecule has 1 fully saturated rings.